The van der Waals surface area contributed by atoms with Gasteiger partial charge < -0.3 is 14.0 Å². The van der Waals surface area contributed by atoms with Gasteiger partial charge in [-0.25, -0.2) is 0 Å². The lowest BCUT2D eigenvalue weighted by molar-refractivity contribution is 0.309. The summed E-state index contributed by atoms with van der Waals surface area (Å²) in [6.07, 6.45) is 6.46. The lowest BCUT2D eigenvalue weighted by atomic mass is 10.0. The van der Waals surface area contributed by atoms with Gasteiger partial charge in [0.05, 0.1) is 0 Å². The summed E-state index contributed by atoms with van der Waals surface area (Å²) in [5.74, 6) is 0. The van der Waals surface area contributed by atoms with Gasteiger partial charge in [0.1, 0.15) is 0 Å². The molecule has 5 rings (SSSR count). The molecule has 1 aliphatic carbocycles. The molecule has 4 heteroatoms. The van der Waals surface area contributed by atoms with Gasteiger partial charge in [-0.1, -0.05) is 17.7 Å². The number of rotatable bonds is 4. The minimum atomic E-state index is 0.142. The van der Waals surface area contributed by atoms with Crippen molar-refractivity contribution in [3.05, 3.63) is 69.3 Å². The molecule has 0 N–H and O–H groups in total. The summed E-state index contributed by atoms with van der Waals surface area (Å²) >= 11 is 0. The number of benzene rings is 1. The predicted molar refractivity (Wildman–Crippen MR) is 109 cm³/mol. The molecule has 0 spiro atoms. The normalized spacial score (nSPS) is 17.4. The van der Waals surface area contributed by atoms with Gasteiger partial charge in [0.15, 0.2) is 0 Å². The average molecular weight is 361 g/mol. The molecular formula is C23H27N3O. The molecule has 140 valence electrons. The van der Waals surface area contributed by atoms with E-state index in [1.165, 1.54) is 33.3 Å². The van der Waals surface area contributed by atoms with E-state index in [-0.39, 0.29) is 5.56 Å². The van der Waals surface area contributed by atoms with E-state index in [2.05, 4.69) is 47.8 Å². The fraction of sp³-hybridized carbons (Fsp3) is 0.435. The summed E-state index contributed by atoms with van der Waals surface area (Å²) in [6, 6.07) is 11.1. The third-order valence-corrected chi connectivity index (χ3v) is 6.16. The highest BCUT2D eigenvalue weighted by Gasteiger charge is 2.25. The zero-order chi connectivity index (χ0) is 18.5. The second-order valence-electron chi connectivity index (χ2n) is 8.35. The molecule has 0 bridgehead atoms. The van der Waals surface area contributed by atoms with Crippen LogP contribution in [0.3, 0.4) is 0 Å². The van der Waals surface area contributed by atoms with Crippen molar-refractivity contribution in [3.8, 4) is 0 Å². The Kier molecular flexibility index (Phi) is 3.97. The molecule has 2 aliphatic rings. The summed E-state index contributed by atoms with van der Waals surface area (Å²) in [6.45, 7) is 5.31. The van der Waals surface area contributed by atoms with Crippen molar-refractivity contribution in [2.24, 2.45) is 0 Å². The van der Waals surface area contributed by atoms with Crippen LogP contribution in [0.4, 0.5) is 0 Å². The van der Waals surface area contributed by atoms with Crippen molar-refractivity contribution in [2.45, 2.75) is 51.7 Å². The Labute approximate surface area is 160 Å². The van der Waals surface area contributed by atoms with Crippen molar-refractivity contribution in [1.29, 1.82) is 0 Å². The molecule has 0 radical (unpaired) electrons. The third kappa shape index (κ3) is 3.02. The lowest BCUT2D eigenvalue weighted by Crippen LogP contribution is -2.27. The van der Waals surface area contributed by atoms with Crippen LogP contribution in [-0.2, 0) is 25.9 Å². The van der Waals surface area contributed by atoms with Gasteiger partial charge in [-0.05, 0) is 56.5 Å². The number of hydrogen-bond donors (Lipinski definition) is 0. The maximum atomic E-state index is 12.1. The Hall–Kier alpha value is -2.33. The van der Waals surface area contributed by atoms with Crippen molar-refractivity contribution < 1.29 is 0 Å². The molecule has 4 nitrogen and oxygen atoms in total. The van der Waals surface area contributed by atoms with Gasteiger partial charge in [0.2, 0.25) is 0 Å². The SMILES string of the molecule is Cc1ccc2c(c1)c1c(n2CCc2ccc(=O)n(C3CC3)c2)CCN(C)C1. The van der Waals surface area contributed by atoms with Gasteiger partial charge in [0.25, 0.3) is 5.56 Å². The van der Waals surface area contributed by atoms with Gasteiger partial charge >= 0.3 is 0 Å². The van der Waals surface area contributed by atoms with Crippen LogP contribution >= 0.6 is 0 Å². The molecule has 0 saturated heterocycles. The van der Waals surface area contributed by atoms with E-state index >= 15 is 0 Å². The molecule has 0 atom stereocenters. The van der Waals surface area contributed by atoms with Crippen LogP contribution < -0.4 is 5.56 Å². The summed E-state index contributed by atoms with van der Waals surface area (Å²) in [4.78, 5) is 14.5. The molecule has 3 heterocycles. The van der Waals surface area contributed by atoms with Crippen LogP contribution in [-0.4, -0.2) is 27.6 Å². The minimum Gasteiger partial charge on any atom is -0.344 e. The second kappa shape index (κ2) is 6.38. The molecule has 27 heavy (non-hydrogen) atoms. The van der Waals surface area contributed by atoms with E-state index in [0.29, 0.717) is 6.04 Å². The molecule has 1 fully saturated rings. The Morgan fingerprint density at radius 3 is 2.81 bits per heavy atom. The van der Waals surface area contributed by atoms with Crippen molar-refractivity contribution in [1.82, 2.24) is 14.0 Å². The first-order chi connectivity index (χ1) is 13.1. The Bertz CT molecular complexity index is 1070. The van der Waals surface area contributed by atoms with E-state index in [4.69, 9.17) is 0 Å². The largest absolute Gasteiger partial charge is 0.344 e. The van der Waals surface area contributed by atoms with E-state index < -0.39 is 0 Å². The van der Waals surface area contributed by atoms with Gasteiger partial charge in [-0.3, -0.25) is 4.79 Å². The van der Waals surface area contributed by atoms with E-state index in [0.717, 1.165) is 45.3 Å². The average Bonchev–Trinajstić information content (AvgIpc) is 3.45. The molecule has 1 saturated carbocycles. The standard InChI is InChI=1S/C23H27N3O/c1-16-3-7-21-19(13-16)20-15-24(2)11-10-22(20)25(21)12-9-17-4-8-23(27)26(14-17)18-5-6-18/h3-4,7-8,13-14,18H,5-6,9-12,15H2,1-2H3. The molecule has 3 aromatic rings. The Morgan fingerprint density at radius 1 is 1.15 bits per heavy atom. The molecule has 0 unspecified atom stereocenters. The van der Waals surface area contributed by atoms with E-state index in [9.17, 15) is 4.79 Å². The fourth-order valence-electron chi connectivity index (χ4n) is 4.53. The number of fused-ring (bicyclic) bond motifs is 3. The Morgan fingerprint density at radius 2 is 2.00 bits per heavy atom. The zero-order valence-electron chi connectivity index (χ0n) is 16.2. The first-order valence-electron chi connectivity index (χ1n) is 10.1. The van der Waals surface area contributed by atoms with Crippen LogP contribution in [0.25, 0.3) is 10.9 Å². The smallest absolute Gasteiger partial charge is 0.250 e. The minimum absolute atomic E-state index is 0.142. The Balaban J connectivity index is 1.50. The third-order valence-electron chi connectivity index (χ3n) is 6.16. The fourth-order valence-corrected chi connectivity index (χ4v) is 4.53. The summed E-state index contributed by atoms with van der Waals surface area (Å²) in [7, 11) is 2.21. The second-order valence-corrected chi connectivity index (χ2v) is 8.35. The number of aromatic nitrogens is 2. The highest BCUT2D eigenvalue weighted by atomic mass is 16.1. The number of nitrogens with zero attached hydrogens (tertiary/aromatic N) is 3. The lowest BCUT2D eigenvalue weighted by Gasteiger charge is -2.24. The topological polar surface area (TPSA) is 30.2 Å². The number of pyridine rings is 1. The van der Waals surface area contributed by atoms with Gasteiger partial charge in [-0.15, -0.1) is 0 Å². The highest BCUT2D eigenvalue weighted by molar-refractivity contribution is 5.86. The number of likely N-dealkylation sites (N-methyl/N-ethyl adjacent to an activating group) is 1. The summed E-state index contributed by atoms with van der Waals surface area (Å²) in [5.41, 5.74) is 7.10. The van der Waals surface area contributed by atoms with Crippen LogP contribution in [0.2, 0.25) is 0 Å². The molecular weight excluding hydrogens is 334 g/mol. The van der Waals surface area contributed by atoms with Crippen molar-refractivity contribution in [3.63, 3.8) is 0 Å². The summed E-state index contributed by atoms with van der Waals surface area (Å²) in [5, 5.41) is 1.42. The van der Waals surface area contributed by atoms with Gasteiger partial charge in [-0.2, -0.15) is 0 Å². The number of aryl methyl sites for hydroxylation is 3. The molecule has 0 amide bonds. The van der Waals surface area contributed by atoms with Crippen molar-refractivity contribution >= 4 is 10.9 Å². The molecule has 1 aromatic carbocycles. The monoisotopic (exact) mass is 361 g/mol. The molecule has 1 aliphatic heterocycles. The predicted octanol–water partition coefficient (Wildman–Crippen LogP) is 3.68. The zero-order valence-corrected chi connectivity index (χ0v) is 16.2. The van der Waals surface area contributed by atoms with Crippen molar-refractivity contribution in [2.75, 3.05) is 13.6 Å². The maximum absolute atomic E-state index is 12.1. The quantitative estimate of drug-likeness (QED) is 0.710. The van der Waals surface area contributed by atoms with Crippen LogP contribution in [0.5, 0.6) is 0 Å². The van der Waals surface area contributed by atoms with E-state index in [1.807, 2.05) is 10.6 Å². The van der Waals surface area contributed by atoms with Crippen LogP contribution in [0, 0.1) is 6.92 Å². The van der Waals surface area contributed by atoms with Crippen LogP contribution in [0.15, 0.2) is 41.3 Å². The molecule has 2 aromatic heterocycles. The van der Waals surface area contributed by atoms with Gasteiger partial charge in [0, 0.05) is 61.0 Å². The van der Waals surface area contributed by atoms with Crippen LogP contribution in [0.1, 0.15) is 41.3 Å². The summed E-state index contributed by atoms with van der Waals surface area (Å²) < 4.78 is 4.47. The number of hydrogen-bond acceptors (Lipinski definition) is 2. The first-order valence-corrected chi connectivity index (χ1v) is 10.1. The first kappa shape index (κ1) is 16.8. The highest BCUT2D eigenvalue weighted by Crippen LogP contribution is 2.34. The van der Waals surface area contributed by atoms with E-state index in [1.54, 1.807) is 6.07 Å². The maximum Gasteiger partial charge on any atom is 0.250 e.